The summed E-state index contributed by atoms with van der Waals surface area (Å²) in [5.41, 5.74) is 6.45. The Hall–Kier alpha value is -1.95. The van der Waals surface area contributed by atoms with Gasteiger partial charge >= 0.3 is 0 Å². The predicted molar refractivity (Wildman–Crippen MR) is 58.8 cm³/mol. The van der Waals surface area contributed by atoms with Crippen molar-refractivity contribution in [1.29, 1.82) is 10.5 Å². The molecule has 0 saturated carbocycles. The maximum atomic E-state index is 8.69. The van der Waals surface area contributed by atoms with Gasteiger partial charge in [0.15, 0.2) is 0 Å². The summed E-state index contributed by atoms with van der Waals surface area (Å²) >= 11 is 0. The number of nitriles is 2. The monoisotopic (exact) mass is 215 g/mol. The topological polar surface area (TPSA) is 89.7 Å². The number of rotatable bonds is 5. The molecule has 1 rings (SSSR count). The standard InChI is InChI=1S/C11H13N5/c12-4-7-16(8-5-13)11(9-14)10-3-1-2-6-15-10/h1-3,6,11H,7-9,14H2. The van der Waals surface area contributed by atoms with Gasteiger partial charge in [0.25, 0.3) is 0 Å². The maximum Gasteiger partial charge on any atom is 0.0880 e. The third-order valence-corrected chi connectivity index (χ3v) is 2.24. The average Bonchev–Trinajstić information content (AvgIpc) is 2.32. The Morgan fingerprint density at radius 3 is 2.44 bits per heavy atom. The van der Waals surface area contributed by atoms with E-state index in [9.17, 15) is 0 Å². The summed E-state index contributed by atoms with van der Waals surface area (Å²) in [7, 11) is 0. The molecule has 0 aliphatic heterocycles. The number of pyridine rings is 1. The predicted octanol–water partition coefficient (Wildman–Crippen LogP) is 0.431. The highest BCUT2D eigenvalue weighted by Crippen LogP contribution is 2.16. The quantitative estimate of drug-likeness (QED) is 0.719. The minimum absolute atomic E-state index is 0.173. The SMILES string of the molecule is N#CCN(CC#N)C(CN)c1ccccn1. The molecule has 1 atom stereocenters. The van der Waals surface area contributed by atoms with Crippen molar-refractivity contribution in [2.75, 3.05) is 19.6 Å². The Kier molecular flexibility index (Phi) is 4.94. The highest BCUT2D eigenvalue weighted by Gasteiger charge is 2.19. The van der Waals surface area contributed by atoms with Crippen molar-refractivity contribution in [3.63, 3.8) is 0 Å². The van der Waals surface area contributed by atoms with Crippen LogP contribution in [0, 0.1) is 22.7 Å². The van der Waals surface area contributed by atoms with Crippen LogP contribution in [0.1, 0.15) is 11.7 Å². The maximum absolute atomic E-state index is 8.69. The molecule has 82 valence electrons. The van der Waals surface area contributed by atoms with Crippen LogP contribution >= 0.6 is 0 Å². The van der Waals surface area contributed by atoms with Crippen molar-refractivity contribution >= 4 is 0 Å². The molecule has 0 amide bonds. The van der Waals surface area contributed by atoms with Crippen LogP contribution in [0.2, 0.25) is 0 Å². The molecule has 0 aliphatic rings. The first-order chi connectivity index (χ1) is 7.83. The van der Waals surface area contributed by atoms with Gasteiger partial charge in [0.2, 0.25) is 0 Å². The van der Waals surface area contributed by atoms with Gasteiger partial charge in [0.05, 0.1) is 37.0 Å². The summed E-state index contributed by atoms with van der Waals surface area (Å²) in [4.78, 5) is 5.91. The van der Waals surface area contributed by atoms with Crippen LogP contribution < -0.4 is 5.73 Å². The van der Waals surface area contributed by atoms with Gasteiger partial charge in [0, 0.05) is 12.7 Å². The summed E-state index contributed by atoms with van der Waals surface area (Å²) in [5, 5.41) is 17.4. The summed E-state index contributed by atoms with van der Waals surface area (Å²) in [6.45, 7) is 0.679. The second kappa shape index (κ2) is 6.52. The van der Waals surface area contributed by atoms with E-state index in [0.717, 1.165) is 5.69 Å². The number of hydrogen-bond acceptors (Lipinski definition) is 5. The van der Waals surface area contributed by atoms with E-state index in [-0.39, 0.29) is 19.1 Å². The van der Waals surface area contributed by atoms with Crippen molar-refractivity contribution in [2.24, 2.45) is 5.73 Å². The second-order valence-corrected chi connectivity index (χ2v) is 3.23. The van der Waals surface area contributed by atoms with Crippen LogP contribution in [0.15, 0.2) is 24.4 Å². The fourth-order valence-corrected chi connectivity index (χ4v) is 1.49. The Morgan fingerprint density at radius 1 is 1.31 bits per heavy atom. The average molecular weight is 215 g/mol. The van der Waals surface area contributed by atoms with Crippen LogP contribution in [0.3, 0.4) is 0 Å². The lowest BCUT2D eigenvalue weighted by Crippen LogP contribution is -2.35. The van der Waals surface area contributed by atoms with Crippen LogP contribution in [0.25, 0.3) is 0 Å². The zero-order chi connectivity index (χ0) is 11.8. The van der Waals surface area contributed by atoms with E-state index in [2.05, 4.69) is 4.98 Å². The van der Waals surface area contributed by atoms with Gasteiger partial charge in [-0.3, -0.25) is 9.88 Å². The molecule has 5 nitrogen and oxygen atoms in total. The van der Waals surface area contributed by atoms with Crippen LogP contribution in [-0.2, 0) is 0 Å². The van der Waals surface area contributed by atoms with Gasteiger partial charge in [-0.15, -0.1) is 0 Å². The van der Waals surface area contributed by atoms with E-state index in [1.54, 1.807) is 11.1 Å². The molecule has 1 aromatic heterocycles. The zero-order valence-corrected chi connectivity index (χ0v) is 8.87. The first kappa shape index (κ1) is 12.1. The van der Waals surface area contributed by atoms with Gasteiger partial charge in [-0.2, -0.15) is 10.5 Å². The highest BCUT2D eigenvalue weighted by atomic mass is 15.2. The number of nitrogens with two attached hydrogens (primary N) is 1. The Morgan fingerprint density at radius 2 is 2.00 bits per heavy atom. The minimum atomic E-state index is -0.180. The van der Waals surface area contributed by atoms with Crippen LogP contribution in [0.5, 0.6) is 0 Å². The van der Waals surface area contributed by atoms with E-state index in [1.165, 1.54) is 0 Å². The summed E-state index contributed by atoms with van der Waals surface area (Å²) < 4.78 is 0. The third kappa shape index (κ3) is 3.03. The highest BCUT2D eigenvalue weighted by molar-refractivity contribution is 5.10. The molecule has 0 spiro atoms. The van der Waals surface area contributed by atoms with Crippen molar-refractivity contribution in [3.05, 3.63) is 30.1 Å². The van der Waals surface area contributed by atoms with Crippen LogP contribution in [-0.4, -0.2) is 29.5 Å². The smallest absolute Gasteiger partial charge is 0.0880 e. The van der Waals surface area contributed by atoms with Gasteiger partial charge < -0.3 is 5.73 Å². The summed E-state index contributed by atoms with van der Waals surface area (Å²) in [5.74, 6) is 0. The van der Waals surface area contributed by atoms with Gasteiger partial charge in [-0.05, 0) is 12.1 Å². The van der Waals surface area contributed by atoms with E-state index in [4.69, 9.17) is 16.3 Å². The fourth-order valence-electron chi connectivity index (χ4n) is 1.49. The van der Waals surface area contributed by atoms with E-state index >= 15 is 0 Å². The van der Waals surface area contributed by atoms with Crippen molar-refractivity contribution in [1.82, 2.24) is 9.88 Å². The zero-order valence-electron chi connectivity index (χ0n) is 8.87. The first-order valence-corrected chi connectivity index (χ1v) is 4.92. The Labute approximate surface area is 94.7 Å². The molecular formula is C11H13N5. The second-order valence-electron chi connectivity index (χ2n) is 3.23. The van der Waals surface area contributed by atoms with Crippen molar-refractivity contribution < 1.29 is 0 Å². The van der Waals surface area contributed by atoms with Gasteiger partial charge in [0.1, 0.15) is 0 Å². The molecule has 1 unspecified atom stereocenters. The number of nitrogens with zero attached hydrogens (tertiary/aromatic N) is 4. The molecule has 0 fully saturated rings. The largest absolute Gasteiger partial charge is 0.329 e. The summed E-state index contributed by atoms with van der Waals surface area (Å²) in [6, 6.07) is 9.40. The molecule has 0 aliphatic carbocycles. The molecule has 2 N–H and O–H groups in total. The molecule has 0 aromatic carbocycles. The van der Waals surface area contributed by atoms with Gasteiger partial charge in [-0.25, -0.2) is 0 Å². The first-order valence-electron chi connectivity index (χ1n) is 4.92. The summed E-state index contributed by atoms with van der Waals surface area (Å²) in [6.07, 6.45) is 1.68. The molecule has 0 bridgehead atoms. The van der Waals surface area contributed by atoms with Crippen LogP contribution in [0.4, 0.5) is 0 Å². The third-order valence-electron chi connectivity index (χ3n) is 2.24. The lowest BCUT2D eigenvalue weighted by atomic mass is 10.1. The Bertz CT molecular complexity index is 373. The van der Waals surface area contributed by atoms with Crippen molar-refractivity contribution in [3.8, 4) is 12.1 Å². The Balaban J connectivity index is 2.88. The lowest BCUT2D eigenvalue weighted by molar-refractivity contribution is 0.249. The van der Waals surface area contributed by atoms with E-state index in [1.807, 2.05) is 30.3 Å². The lowest BCUT2D eigenvalue weighted by Gasteiger charge is -2.25. The molecule has 16 heavy (non-hydrogen) atoms. The molecule has 1 heterocycles. The normalized spacial score (nSPS) is 11.8. The fraction of sp³-hybridized carbons (Fsp3) is 0.364. The molecule has 1 aromatic rings. The molecule has 0 radical (unpaired) electrons. The minimum Gasteiger partial charge on any atom is -0.329 e. The van der Waals surface area contributed by atoms with E-state index in [0.29, 0.717) is 6.54 Å². The molecule has 5 heteroatoms. The van der Waals surface area contributed by atoms with E-state index < -0.39 is 0 Å². The van der Waals surface area contributed by atoms with Crippen molar-refractivity contribution in [2.45, 2.75) is 6.04 Å². The number of aromatic nitrogens is 1. The number of hydrogen-bond donors (Lipinski definition) is 1. The molecular weight excluding hydrogens is 202 g/mol. The van der Waals surface area contributed by atoms with Gasteiger partial charge in [-0.1, -0.05) is 6.07 Å². The molecule has 0 saturated heterocycles.